The highest BCUT2D eigenvalue weighted by atomic mass is 16.2. The third kappa shape index (κ3) is 6.24. The summed E-state index contributed by atoms with van der Waals surface area (Å²) in [6, 6.07) is 26.7. The second kappa shape index (κ2) is 10.7. The van der Waals surface area contributed by atoms with Crippen LogP contribution in [0.3, 0.4) is 0 Å². The van der Waals surface area contributed by atoms with Gasteiger partial charge >= 0.3 is 0 Å². The van der Waals surface area contributed by atoms with Crippen LogP contribution in [0.15, 0.2) is 91.0 Å². The number of aryl methyl sites for hydroxylation is 3. The van der Waals surface area contributed by atoms with Crippen LogP contribution < -0.4 is 16.0 Å². The topological polar surface area (TPSA) is 87.3 Å². The Morgan fingerprint density at radius 2 is 0.861 bits per heavy atom. The van der Waals surface area contributed by atoms with Crippen LogP contribution >= 0.6 is 0 Å². The van der Waals surface area contributed by atoms with Crippen molar-refractivity contribution in [3.05, 3.63) is 124 Å². The predicted molar refractivity (Wildman–Crippen MR) is 144 cm³/mol. The van der Waals surface area contributed by atoms with Crippen LogP contribution in [0.25, 0.3) is 0 Å². The molecule has 0 fully saturated rings. The molecule has 36 heavy (non-hydrogen) atoms. The second-order valence-corrected chi connectivity index (χ2v) is 8.77. The van der Waals surface area contributed by atoms with E-state index in [0.717, 1.165) is 16.7 Å². The highest BCUT2D eigenvalue weighted by Gasteiger charge is 2.14. The lowest BCUT2D eigenvalue weighted by Gasteiger charge is -2.13. The molecule has 0 radical (unpaired) electrons. The van der Waals surface area contributed by atoms with E-state index in [4.69, 9.17) is 0 Å². The van der Waals surface area contributed by atoms with Crippen LogP contribution in [0, 0.1) is 20.8 Å². The summed E-state index contributed by atoms with van der Waals surface area (Å²) in [6.45, 7) is 5.76. The van der Waals surface area contributed by atoms with Gasteiger partial charge in [0.1, 0.15) is 0 Å². The molecule has 4 rings (SSSR count). The number of carbonyl (C=O) groups excluding carboxylic acids is 3. The van der Waals surface area contributed by atoms with Gasteiger partial charge < -0.3 is 16.0 Å². The van der Waals surface area contributed by atoms with Gasteiger partial charge in [0.15, 0.2) is 0 Å². The molecule has 0 unspecified atom stereocenters. The van der Waals surface area contributed by atoms with Gasteiger partial charge in [0.2, 0.25) is 0 Å². The summed E-state index contributed by atoms with van der Waals surface area (Å²) in [4.78, 5) is 38.8. The zero-order chi connectivity index (χ0) is 25.7. The molecule has 0 saturated heterocycles. The van der Waals surface area contributed by atoms with E-state index in [2.05, 4.69) is 16.0 Å². The first-order chi connectivity index (χ1) is 17.3. The average Bonchev–Trinajstić information content (AvgIpc) is 2.84. The number of hydrogen-bond donors (Lipinski definition) is 3. The van der Waals surface area contributed by atoms with Crippen molar-refractivity contribution in [1.82, 2.24) is 0 Å². The van der Waals surface area contributed by atoms with E-state index in [1.54, 1.807) is 48.5 Å². The summed E-state index contributed by atoms with van der Waals surface area (Å²) >= 11 is 0. The van der Waals surface area contributed by atoms with Crippen LogP contribution in [-0.2, 0) is 0 Å². The molecule has 6 heteroatoms. The Morgan fingerprint density at radius 1 is 0.444 bits per heavy atom. The first-order valence-corrected chi connectivity index (χ1v) is 11.6. The number of benzene rings is 4. The number of rotatable bonds is 6. The molecule has 0 atom stereocenters. The van der Waals surface area contributed by atoms with Gasteiger partial charge in [-0.05, 0) is 80.9 Å². The maximum atomic E-state index is 13.1. The Hall–Kier alpha value is -4.71. The number of carbonyl (C=O) groups is 3. The Labute approximate surface area is 210 Å². The van der Waals surface area contributed by atoms with Gasteiger partial charge in [-0.25, -0.2) is 0 Å². The van der Waals surface area contributed by atoms with Crippen molar-refractivity contribution in [2.24, 2.45) is 0 Å². The zero-order valence-electron chi connectivity index (χ0n) is 20.4. The predicted octanol–water partition coefficient (Wildman–Crippen LogP) is 6.37. The summed E-state index contributed by atoms with van der Waals surface area (Å²) in [5, 5.41) is 8.57. The van der Waals surface area contributed by atoms with Gasteiger partial charge in [-0.15, -0.1) is 0 Å². The molecule has 3 amide bonds. The Kier molecular flexibility index (Phi) is 7.25. The fourth-order valence-electron chi connectivity index (χ4n) is 3.81. The van der Waals surface area contributed by atoms with E-state index in [-0.39, 0.29) is 23.3 Å². The molecule has 0 spiro atoms. The SMILES string of the molecule is Cc1cccc(NC(=O)c2cc(NC(=O)c3cccc(C)c3)cc(NC(=O)c3cccc(C)c3)c2)c1. The number of hydrogen-bond acceptors (Lipinski definition) is 3. The molecule has 4 aromatic rings. The largest absolute Gasteiger partial charge is 0.322 e. The normalized spacial score (nSPS) is 10.4. The summed E-state index contributed by atoms with van der Waals surface area (Å²) < 4.78 is 0. The van der Waals surface area contributed by atoms with Crippen molar-refractivity contribution in [3.8, 4) is 0 Å². The second-order valence-electron chi connectivity index (χ2n) is 8.77. The molecule has 0 saturated carbocycles. The third-order valence-electron chi connectivity index (χ3n) is 5.55. The van der Waals surface area contributed by atoms with Crippen molar-refractivity contribution in [2.75, 3.05) is 16.0 Å². The minimum absolute atomic E-state index is 0.290. The van der Waals surface area contributed by atoms with Crippen LogP contribution in [0.5, 0.6) is 0 Å². The molecule has 4 aromatic carbocycles. The minimum atomic E-state index is -0.363. The van der Waals surface area contributed by atoms with E-state index < -0.39 is 0 Å². The van der Waals surface area contributed by atoms with Gasteiger partial charge in [0.05, 0.1) is 0 Å². The van der Waals surface area contributed by atoms with Crippen LogP contribution in [0.2, 0.25) is 0 Å². The molecule has 0 heterocycles. The Morgan fingerprint density at radius 3 is 1.33 bits per heavy atom. The molecule has 0 aliphatic heterocycles. The van der Waals surface area contributed by atoms with Gasteiger partial charge in [-0.3, -0.25) is 14.4 Å². The quantitative estimate of drug-likeness (QED) is 0.302. The van der Waals surface area contributed by atoms with E-state index in [1.165, 1.54) is 0 Å². The zero-order valence-corrected chi connectivity index (χ0v) is 20.4. The highest BCUT2D eigenvalue weighted by Crippen LogP contribution is 2.23. The Bertz CT molecular complexity index is 1380. The first kappa shape index (κ1) is 24.4. The molecule has 3 N–H and O–H groups in total. The monoisotopic (exact) mass is 477 g/mol. The number of nitrogens with one attached hydrogen (secondary N) is 3. The smallest absolute Gasteiger partial charge is 0.255 e. The minimum Gasteiger partial charge on any atom is -0.322 e. The third-order valence-corrected chi connectivity index (χ3v) is 5.55. The van der Waals surface area contributed by atoms with Crippen LogP contribution in [0.1, 0.15) is 47.8 Å². The molecular weight excluding hydrogens is 450 g/mol. The number of anilines is 3. The lowest BCUT2D eigenvalue weighted by molar-refractivity contribution is 0.101. The van der Waals surface area contributed by atoms with Crippen LogP contribution in [0.4, 0.5) is 17.1 Å². The maximum absolute atomic E-state index is 13.1. The summed E-state index contributed by atoms with van der Waals surface area (Å²) in [5.41, 5.74) is 5.64. The standard InChI is InChI=1S/C30H27N3O3/c1-19-7-4-10-22(13-19)28(34)32-26-16-24(30(36)31-25-12-6-9-21(3)15-25)17-27(18-26)33-29(35)23-11-5-8-20(2)14-23/h4-18H,1-3H3,(H,31,36)(H,32,34)(H,33,35). The van der Waals surface area contributed by atoms with Gasteiger partial charge in [-0.1, -0.05) is 47.5 Å². The summed E-state index contributed by atoms with van der Waals surface area (Å²) in [5.74, 6) is -0.991. The van der Waals surface area contributed by atoms with Crippen molar-refractivity contribution in [3.63, 3.8) is 0 Å². The lowest BCUT2D eigenvalue weighted by Crippen LogP contribution is -2.17. The molecule has 0 bridgehead atoms. The highest BCUT2D eigenvalue weighted by molar-refractivity contribution is 6.10. The van der Waals surface area contributed by atoms with Gasteiger partial charge in [-0.2, -0.15) is 0 Å². The summed E-state index contributed by atoms with van der Waals surface area (Å²) in [6.07, 6.45) is 0. The van der Waals surface area contributed by atoms with Gasteiger partial charge in [0, 0.05) is 33.8 Å². The number of amides is 3. The summed E-state index contributed by atoms with van der Waals surface area (Å²) in [7, 11) is 0. The lowest BCUT2D eigenvalue weighted by atomic mass is 10.1. The molecule has 0 aliphatic carbocycles. The van der Waals surface area contributed by atoms with E-state index >= 15 is 0 Å². The van der Waals surface area contributed by atoms with Crippen molar-refractivity contribution in [1.29, 1.82) is 0 Å². The Balaban J connectivity index is 1.64. The van der Waals surface area contributed by atoms with E-state index in [1.807, 2.05) is 63.2 Å². The fraction of sp³-hybridized carbons (Fsp3) is 0.100. The fourth-order valence-corrected chi connectivity index (χ4v) is 3.81. The molecule has 180 valence electrons. The van der Waals surface area contributed by atoms with Crippen LogP contribution in [-0.4, -0.2) is 17.7 Å². The average molecular weight is 478 g/mol. The van der Waals surface area contributed by atoms with Gasteiger partial charge in [0.25, 0.3) is 17.7 Å². The van der Waals surface area contributed by atoms with E-state index in [0.29, 0.717) is 28.2 Å². The van der Waals surface area contributed by atoms with Crippen molar-refractivity contribution in [2.45, 2.75) is 20.8 Å². The van der Waals surface area contributed by atoms with Crippen molar-refractivity contribution >= 4 is 34.8 Å². The molecule has 6 nitrogen and oxygen atoms in total. The molecule has 0 aliphatic rings. The maximum Gasteiger partial charge on any atom is 0.255 e. The van der Waals surface area contributed by atoms with E-state index in [9.17, 15) is 14.4 Å². The molecular formula is C30H27N3O3. The van der Waals surface area contributed by atoms with Crippen molar-refractivity contribution < 1.29 is 14.4 Å². The first-order valence-electron chi connectivity index (χ1n) is 11.6. The molecule has 0 aromatic heterocycles.